The highest BCUT2D eigenvalue weighted by atomic mass is 35.5. The summed E-state index contributed by atoms with van der Waals surface area (Å²) in [7, 11) is 0. The van der Waals surface area contributed by atoms with E-state index in [4.69, 9.17) is 28.2 Å². The molecule has 2 aromatic rings. The van der Waals surface area contributed by atoms with Gasteiger partial charge in [-0.3, -0.25) is 4.79 Å². The minimum atomic E-state index is -0.247. The summed E-state index contributed by atoms with van der Waals surface area (Å²) in [5.74, 6) is 0.327. The molecular weight excluding hydrogens is 403 g/mol. The molecule has 1 aromatic carbocycles. The van der Waals surface area contributed by atoms with Crippen LogP contribution in [0.4, 0.5) is 11.4 Å². The number of aromatic nitrogens is 1. The first-order valence-electron chi connectivity index (χ1n) is 8.63. The van der Waals surface area contributed by atoms with Crippen molar-refractivity contribution < 1.29 is 4.79 Å². The number of thioether (sulfide) groups is 1. The van der Waals surface area contributed by atoms with Gasteiger partial charge in [-0.05, 0) is 31.0 Å². The number of anilines is 2. The average Bonchev–Trinajstić information content (AvgIpc) is 2.69. The van der Waals surface area contributed by atoms with E-state index in [0.717, 1.165) is 37.3 Å². The molecule has 138 valence electrons. The van der Waals surface area contributed by atoms with Gasteiger partial charge in [-0.2, -0.15) is 5.26 Å². The molecule has 4 heterocycles. The predicted molar refractivity (Wildman–Crippen MR) is 109 cm³/mol. The van der Waals surface area contributed by atoms with Gasteiger partial charge < -0.3 is 10.2 Å². The van der Waals surface area contributed by atoms with Crippen molar-refractivity contribution in [2.24, 2.45) is 0 Å². The largest absolute Gasteiger partial charge is 0.370 e. The maximum Gasteiger partial charge on any atom is 0.234 e. The molecule has 0 atom stereocenters. The summed E-state index contributed by atoms with van der Waals surface area (Å²) in [5.41, 5.74) is 3.04. The van der Waals surface area contributed by atoms with Gasteiger partial charge in [-0.15, -0.1) is 0 Å². The Morgan fingerprint density at radius 1 is 1.33 bits per heavy atom. The SMILES string of the molecule is N#Cc1cc2c(nc1SCC(=O)Nc1c(Cl)cccc1Cl)C1CCN2CC1. The number of hydrogen-bond donors (Lipinski definition) is 1. The van der Waals surface area contributed by atoms with Crippen LogP contribution in [0.1, 0.15) is 30.0 Å². The molecule has 1 aromatic heterocycles. The van der Waals surface area contributed by atoms with Gasteiger partial charge in [0.05, 0.1) is 38.4 Å². The first-order valence-corrected chi connectivity index (χ1v) is 10.4. The molecule has 0 spiro atoms. The summed E-state index contributed by atoms with van der Waals surface area (Å²) in [6, 6.07) is 9.18. The molecule has 0 aliphatic carbocycles. The van der Waals surface area contributed by atoms with Crippen LogP contribution in [0, 0.1) is 11.3 Å². The topological polar surface area (TPSA) is 69.0 Å². The first-order chi connectivity index (χ1) is 13.1. The van der Waals surface area contributed by atoms with E-state index in [1.165, 1.54) is 11.8 Å². The monoisotopic (exact) mass is 418 g/mol. The third-order valence-electron chi connectivity index (χ3n) is 4.91. The molecule has 3 aliphatic rings. The van der Waals surface area contributed by atoms with E-state index in [1.54, 1.807) is 18.2 Å². The molecule has 3 aliphatic heterocycles. The fourth-order valence-electron chi connectivity index (χ4n) is 3.56. The van der Waals surface area contributed by atoms with Crippen LogP contribution < -0.4 is 10.2 Å². The number of amides is 1. The van der Waals surface area contributed by atoms with Crippen molar-refractivity contribution in [3.8, 4) is 6.07 Å². The number of nitrogens with one attached hydrogen (secondary N) is 1. The van der Waals surface area contributed by atoms with Gasteiger partial charge in [0.1, 0.15) is 11.1 Å². The Hall–Kier alpha value is -1.94. The van der Waals surface area contributed by atoms with Crippen molar-refractivity contribution in [3.63, 3.8) is 0 Å². The fraction of sp³-hybridized carbons (Fsp3) is 0.316. The molecule has 2 bridgehead atoms. The van der Waals surface area contributed by atoms with E-state index >= 15 is 0 Å². The van der Waals surface area contributed by atoms with Gasteiger partial charge in [-0.25, -0.2) is 4.98 Å². The van der Waals surface area contributed by atoms with E-state index in [0.29, 0.717) is 32.2 Å². The number of piperidine rings is 1. The molecule has 0 saturated carbocycles. The maximum absolute atomic E-state index is 12.3. The van der Waals surface area contributed by atoms with Crippen LogP contribution in [0.25, 0.3) is 0 Å². The summed E-state index contributed by atoms with van der Waals surface area (Å²) < 4.78 is 0. The third kappa shape index (κ3) is 3.60. The number of rotatable bonds is 4. The van der Waals surface area contributed by atoms with Crippen LogP contribution in [0.5, 0.6) is 0 Å². The molecule has 0 unspecified atom stereocenters. The van der Waals surface area contributed by atoms with Crippen molar-refractivity contribution in [1.82, 2.24) is 4.98 Å². The lowest BCUT2D eigenvalue weighted by Gasteiger charge is -2.41. The van der Waals surface area contributed by atoms with Gasteiger partial charge in [0.2, 0.25) is 5.91 Å². The zero-order valence-electron chi connectivity index (χ0n) is 14.3. The minimum Gasteiger partial charge on any atom is -0.370 e. The van der Waals surface area contributed by atoms with Crippen LogP contribution in [-0.4, -0.2) is 29.7 Å². The lowest BCUT2D eigenvalue weighted by atomic mass is 9.86. The second-order valence-electron chi connectivity index (χ2n) is 6.55. The molecule has 0 radical (unpaired) electrons. The van der Waals surface area contributed by atoms with Crippen LogP contribution in [0.15, 0.2) is 29.3 Å². The third-order valence-corrected chi connectivity index (χ3v) is 6.53. The summed E-state index contributed by atoms with van der Waals surface area (Å²) in [5, 5.41) is 13.6. The van der Waals surface area contributed by atoms with Gasteiger partial charge in [0.25, 0.3) is 0 Å². The zero-order valence-corrected chi connectivity index (χ0v) is 16.7. The quantitative estimate of drug-likeness (QED) is 0.729. The molecule has 1 fully saturated rings. The van der Waals surface area contributed by atoms with Crippen molar-refractivity contribution in [2.45, 2.75) is 23.8 Å². The Labute approximate surface area is 171 Å². The lowest BCUT2D eigenvalue weighted by molar-refractivity contribution is -0.113. The maximum atomic E-state index is 12.3. The van der Waals surface area contributed by atoms with E-state index in [2.05, 4.69) is 16.3 Å². The number of pyridine rings is 1. The summed E-state index contributed by atoms with van der Waals surface area (Å²) >= 11 is 13.4. The molecule has 5 nitrogen and oxygen atoms in total. The van der Waals surface area contributed by atoms with Crippen molar-refractivity contribution in [1.29, 1.82) is 5.26 Å². The van der Waals surface area contributed by atoms with Crippen LogP contribution in [-0.2, 0) is 4.79 Å². The molecule has 1 N–H and O–H groups in total. The number of benzene rings is 1. The number of carbonyl (C=O) groups excluding carboxylic acids is 1. The molecule has 1 amide bonds. The molecule has 27 heavy (non-hydrogen) atoms. The number of halogens is 2. The van der Waals surface area contributed by atoms with Gasteiger partial charge in [0.15, 0.2) is 0 Å². The first kappa shape index (κ1) is 18.4. The van der Waals surface area contributed by atoms with Crippen LogP contribution >= 0.6 is 35.0 Å². The summed E-state index contributed by atoms with van der Waals surface area (Å²) in [6.45, 7) is 2.05. The van der Waals surface area contributed by atoms with Crippen molar-refractivity contribution in [2.75, 3.05) is 29.1 Å². The Morgan fingerprint density at radius 2 is 2.04 bits per heavy atom. The predicted octanol–water partition coefficient (Wildman–Crippen LogP) is 4.69. The van der Waals surface area contributed by atoms with Gasteiger partial charge in [0, 0.05) is 19.0 Å². The number of nitriles is 1. The van der Waals surface area contributed by atoms with Gasteiger partial charge in [-0.1, -0.05) is 41.0 Å². The second kappa shape index (κ2) is 7.59. The Balaban J connectivity index is 1.51. The Kier molecular flexibility index (Phi) is 5.18. The normalized spacial score (nSPS) is 15.4. The van der Waals surface area contributed by atoms with Crippen LogP contribution in [0.3, 0.4) is 0 Å². The van der Waals surface area contributed by atoms with Crippen molar-refractivity contribution in [3.05, 3.63) is 45.6 Å². The van der Waals surface area contributed by atoms with E-state index in [-0.39, 0.29) is 11.7 Å². The van der Waals surface area contributed by atoms with Gasteiger partial charge >= 0.3 is 0 Å². The van der Waals surface area contributed by atoms with Crippen molar-refractivity contribution >= 4 is 52.2 Å². The fourth-order valence-corrected chi connectivity index (χ4v) is 4.82. The molecule has 5 rings (SSSR count). The molecule has 1 saturated heterocycles. The van der Waals surface area contributed by atoms with Crippen LogP contribution in [0.2, 0.25) is 10.0 Å². The highest BCUT2D eigenvalue weighted by Crippen LogP contribution is 2.42. The number of hydrogen-bond acceptors (Lipinski definition) is 5. The highest BCUT2D eigenvalue weighted by Gasteiger charge is 2.33. The smallest absolute Gasteiger partial charge is 0.234 e. The number of nitrogens with zero attached hydrogens (tertiary/aromatic N) is 3. The second-order valence-corrected chi connectivity index (χ2v) is 8.33. The number of fused-ring (bicyclic) bond motifs is 2. The van der Waals surface area contributed by atoms with E-state index in [1.807, 2.05) is 6.07 Å². The number of para-hydroxylation sites is 1. The highest BCUT2D eigenvalue weighted by molar-refractivity contribution is 8.00. The number of carbonyl (C=O) groups is 1. The Bertz CT molecular complexity index is 931. The standard InChI is InChI=1S/C19H16Cl2N4OS/c20-13-2-1-3-14(21)18(13)23-16(26)10-27-19-12(9-22)8-15-17(24-19)11-4-6-25(15)7-5-11/h1-3,8,11H,4-7,10H2,(H,23,26). The average molecular weight is 419 g/mol. The van der Waals surface area contributed by atoms with E-state index < -0.39 is 0 Å². The molecule has 8 heteroatoms. The summed E-state index contributed by atoms with van der Waals surface area (Å²) in [4.78, 5) is 19.4. The summed E-state index contributed by atoms with van der Waals surface area (Å²) in [6.07, 6.45) is 2.20. The van der Waals surface area contributed by atoms with E-state index in [9.17, 15) is 10.1 Å². The lowest BCUT2D eigenvalue weighted by Crippen LogP contribution is -2.39. The Morgan fingerprint density at radius 3 is 2.70 bits per heavy atom. The zero-order chi connectivity index (χ0) is 19.0. The molecular formula is C19H16Cl2N4OS. The minimum absolute atomic E-state index is 0.121.